The predicted molar refractivity (Wildman–Crippen MR) is 55.8 cm³/mol. The van der Waals surface area contributed by atoms with E-state index in [1.165, 1.54) is 5.56 Å². The quantitative estimate of drug-likeness (QED) is 0.666. The van der Waals surface area contributed by atoms with Crippen molar-refractivity contribution in [1.29, 1.82) is 0 Å². The normalized spacial score (nSPS) is 8.85. The van der Waals surface area contributed by atoms with Crippen LogP contribution in [0.25, 0.3) is 0 Å². The van der Waals surface area contributed by atoms with Gasteiger partial charge in [-0.05, 0) is 24.5 Å². The average molecular weight is 181 g/mol. The van der Waals surface area contributed by atoms with E-state index in [1.807, 2.05) is 26.1 Å². The van der Waals surface area contributed by atoms with Crippen LogP contribution < -0.4 is 0 Å². The summed E-state index contributed by atoms with van der Waals surface area (Å²) in [6, 6.07) is 4.05. The summed E-state index contributed by atoms with van der Waals surface area (Å²) >= 11 is 0. The van der Waals surface area contributed by atoms with Crippen molar-refractivity contribution in [1.82, 2.24) is 4.98 Å². The molecule has 0 radical (unpaired) electrons. The minimum absolute atomic E-state index is 0.828. The molecule has 1 rings (SSSR count). The van der Waals surface area contributed by atoms with Gasteiger partial charge in [0.25, 0.3) is 0 Å². The first-order valence-electron chi connectivity index (χ1n) is 4.81. The molecule has 0 aromatic carbocycles. The molecule has 0 aliphatic heterocycles. The molecule has 1 aromatic heterocycles. The minimum Gasteiger partial charge on any atom is -0.385 e. The number of ether oxygens (including phenoxy) is 1. The van der Waals surface area contributed by atoms with E-state index in [4.69, 9.17) is 4.74 Å². The second-order valence-electron chi connectivity index (χ2n) is 2.46. The van der Waals surface area contributed by atoms with Crippen molar-refractivity contribution >= 4 is 0 Å². The van der Waals surface area contributed by atoms with Crippen LogP contribution >= 0.6 is 0 Å². The van der Waals surface area contributed by atoms with E-state index >= 15 is 0 Å². The fourth-order valence-corrected chi connectivity index (χ4v) is 0.967. The van der Waals surface area contributed by atoms with Crippen LogP contribution in [0.5, 0.6) is 0 Å². The third-order valence-corrected chi connectivity index (χ3v) is 1.54. The number of aryl methyl sites for hydroxylation is 1. The summed E-state index contributed by atoms with van der Waals surface area (Å²) in [5.41, 5.74) is 1.28. The molecular weight excluding hydrogens is 162 g/mol. The Hall–Kier alpha value is -0.890. The Kier molecular flexibility index (Phi) is 8.57. The number of pyridine rings is 1. The fourth-order valence-electron chi connectivity index (χ4n) is 0.967. The lowest BCUT2D eigenvalue weighted by atomic mass is 10.2. The molecule has 0 N–H and O–H groups in total. The highest BCUT2D eigenvalue weighted by Gasteiger charge is 1.90. The van der Waals surface area contributed by atoms with Gasteiger partial charge in [-0.3, -0.25) is 4.98 Å². The number of aromatic nitrogens is 1. The highest BCUT2D eigenvalue weighted by molar-refractivity contribution is 5.08. The van der Waals surface area contributed by atoms with Crippen molar-refractivity contribution in [2.24, 2.45) is 0 Å². The lowest BCUT2D eigenvalue weighted by Gasteiger charge is -1.98. The summed E-state index contributed by atoms with van der Waals surface area (Å²) in [6.45, 7) is 4.83. The van der Waals surface area contributed by atoms with Gasteiger partial charge in [0.05, 0.1) is 0 Å². The molecule has 1 heterocycles. The van der Waals surface area contributed by atoms with Crippen LogP contribution in [0.15, 0.2) is 24.5 Å². The van der Waals surface area contributed by atoms with Gasteiger partial charge >= 0.3 is 0 Å². The molecule has 0 saturated heterocycles. The first-order valence-corrected chi connectivity index (χ1v) is 4.81. The molecular formula is C11H19NO. The maximum Gasteiger partial charge on any atom is 0.0465 e. The van der Waals surface area contributed by atoms with E-state index in [2.05, 4.69) is 11.1 Å². The van der Waals surface area contributed by atoms with Crippen LogP contribution in [-0.2, 0) is 11.2 Å². The van der Waals surface area contributed by atoms with E-state index in [0.717, 1.165) is 19.4 Å². The molecule has 0 spiro atoms. The van der Waals surface area contributed by atoms with E-state index in [9.17, 15) is 0 Å². The van der Waals surface area contributed by atoms with Crippen LogP contribution in [-0.4, -0.2) is 18.7 Å². The zero-order chi connectivity index (χ0) is 9.94. The van der Waals surface area contributed by atoms with Gasteiger partial charge in [0.2, 0.25) is 0 Å². The Balaban J connectivity index is 0.000000671. The third kappa shape index (κ3) is 6.29. The largest absolute Gasteiger partial charge is 0.385 e. The summed E-state index contributed by atoms with van der Waals surface area (Å²) in [4.78, 5) is 4.02. The molecule has 0 amide bonds. The lowest BCUT2D eigenvalue weighted by molar-refractivity contribution is 0.195. The Morgan fingerprint density at radius 1 is 1.38 bits per heavy atom. The maximum atomic E-state index is 4.94. The van der Waals surface area contributed by atoms with Crippen molar-refractivity contribution < 1.29 is 4.74 Å². The first kappa shape index (κ1) is 12.1. The topological polar surface area (TPSA) is 22.1 Å². The van der Waals surface area contributed by atoms with Gasteiger partial charge in [0.1, 0.15) is 0 Å². The molecule has 74 valence electrons. The van der Waals surface area contributed by atoms with Crippen molar-refractivity contribution in [3.63, 3.8) is 0 Å². The van der Waals surface area contributed by atoms with Crippen LogP contribution in [0, 0.1) is 0 Å². The SMILES string of the molecule is CC.COCCCc1cccnc1. The number of hydrogen-bond donors (Lipinski definition) is 0. The minimum atomic E-state index is 0.828. The maximum absolute atomic E-state index is 4.94. The van der Waals surface area contributed by atoms with Crippen molar-refractivity contribution in [3.8, 4) is 0 Å². The van der Waals surface area contributed by atoms with Crippen LogP contribution in [0.3, 0.4) is 0 Å². The molecule has 0 saturated carbocycles. The van der Waals surface area contributed by atoms with Gasteiger partial charge in [0.15, 0.2) is 0 Å². The van der Waals surface area contributed by atoms with Gasteiger partial charge in [-0.25, -0.2) is 0 Å². The molecule has 0 aliphatic rings. The van der Waals surface area contributed by atoms with Crippen molar-refractivity contribution in [3.05, 3.63) is 30.1 Å². The van der Waals surface area contributed by atoms with Crippen LogP contribution in [0.2, 0.25) is 0 Å². The highest BCUT2D eigenvalue weighted by Crippen LogP contribution is 1.99. The van der Waals surface area contributed by atoms with E-state index in [0.29, 0.717) is 0 Å². The van der Waals surface area contributed by atoms with Gasteiger partial charge < -0.3 is 4.74 Å². The zero-order valence-electron chi connectivity index (χ0n) is 8.79. The lowest BCUT2D eigenvalue weighted by Crippen LogP contribution is -1.92. The molecule has 0 unspecified atom stereocenters. The molecule has 1 aromatic rings. The third-order valence-electron chi connectivity index (χ3n) is 1.54. The van der Waals surface area contributed by atoms with E-state index < -0.39 is 0 Å². The second kappa shape index (κ2) is 9.20. The Bertz CT molecular complexity index is 187. The van der Waals surface area contributed by atoms with Gasteiger partial charge in [-0.1, -0.05) is 19.9 Å². The second-order valence-corrected chi connectivity index (χ2v) is 2.46. The van der Waals surface area contributed by atoms with Gasteiger partial charge in [0, 0.05) is 26.1 Å². The molecule has 0 aliphatic carbocycles. The summed E-state index contributed by atoms with van der Waals surface area (Å²) in [6.07, 6.45) is 5.82. The summed E-state index contributed by atoms with van der Waals surface area (Å²) in [5, 5.41) is 0. The Morgan fingerprint density at radius 3 is 2.69 bits per heavy atom. The van der Waals surface area contributed by atoms with Crippen LogP contribution in [0.4, 0.5) is 0 Å². The van der Waals surface area contributed by atoms with Gasteiger partial charge in [-0.15, -0.1) is 0 Å². The van der Waals surface area contributed by atoms with Crippen molar-refractivity contribution in [2.75, 3.05) is 13.7 Å². The summed E-state index contributed by atoms with van der Waals surface area (Å²) in [5.74, 6) is 0. The fraction of sp³-hybridized carbons (Fsp3) is 0.545. The summed E-state index contributed by atoms with van der Waals surface area (Å²) in [7, 11) is 1.73. The molecule has 0 atom stereocenters. The Labute approximate surface area is 81.0 Å². The predicted octanol–water partition coefficient (Wildman–Crippen LogP) is 2.69. The molecule has 2 nitrogen and oxygen atoms in total. The molecule has 0 fully saturated rings. The number of methoxy groups -OCH3 is 1. The summed E-state index contributed by atoms with van der Waals surface area (Å²) < 4.78 is 4.94. The molecule has 0 bridgehead atoms. The highest BCUT2D eigenvalue weighted by atomic mass is 16.5. The monoisotopic (exact) mass is 181 g/mol. The smallest absolute Gasteiger partial charge is 0.0465 e. The van der Waals surface area contributed by atoms with Gasteiger partial charge in [-0.2, -0.15) is 0 Å². The molecule has 2 heteroatoms. The average Bonchev–Trinajstić information content (AvgIpc) is 2.23. The van der Waals surface area contributed by atoms with Crippen LogP contribution in [0.1, 0.15) is 25.8 Å². The standard InChI is InChI=1S/C9H13NO.C2H6/c1-11-7-3-5-9-4-2-6-10-8-9;1-2/h2,4,6,8H,3,5,7H2,1H3;1-2H3. The van der Waals surface area contributed by atoms with E-state index in [-0.39, 0.29) is 0 Å². The molecule has 13 heavy (non-hydrogen) atoms. The number of nitrogens with zero attached hydrogens (tertiary/aromatic N) is 1. The first-order chi connectivity index (χ1) is 6.43. The zero-order valence-corrected chi connectivity index (χ0v) is 8.79. The number of hydrogen-bond acceptors (Lipinski definition) is 2. The number of rotatable bonds is 4. The van der Waals surface area contributed by atoms with Crippen molar-refractivity contribution in [2.45, 2.75) is 26.7 Å². The Morgan fingerprint density at radius 2 is 2.15 bits per heavy atom. The van der Waals surface area contributed by atoms with E-state index in [1.54, 1.807) is 13.3 Å².